The minimum absolute atomic E-state index is 0.154. The number of carbonyl (C=O) groups excluding carboxylic acids is 1. The third-order valence-corrected chi connectivity index (χ3v) is 6.52. The van der Waals surface area contributed by atoms with Crippen LogP contribution in [0.15, 0.2) is 0 Å². The van der Waals surface area contributed by atoms with Crippen molar-refractivity contribution in [2.24, 2.45) is 5.73 Å². The van der Waals surface area contributed by atoms with Gasteiger partial charge in [0.15, 0.2) is 0 Å². The minimum Gasteiger partial charge on any atom is -0.496 e. The first kappa shape index (κ1) is 21.1. The Kier molecular flexibility index (Phi) is 7.00. The molecule has 2 N–H and O–H groups in total. The number of carbonyl (C=O) groups is 1. The number of alkyl halides is 1. The first-order valence-electron chi connectivity index (χ1n) is 9.58. The smallest absolute Gasteiger partial charge is 0.235 e. The van der Waals surface area contributed by atoms with Crippen LogP contribution in [-0.2, 0) is 11.2 Å². The van der Waals surface area contributed by atoms with Gasteiger partial charge in [-0.3, -0.25) is 4.79 Å². The zero-order valence-electron chi connectivity index (χ0n) is 16.7. The number of primary amides is 1. The highest BCUT2D eigenvalue weighted by atomic mass is 79.9. The molecular weight excluding hydrogens is 394 g/mol. The zero-order valence-corrected chi connectivity index (χ0v) is 18.3. The summed E-state index contributed by atoms with van der Waals surface area (Å²) >= 11 is 3.46. The fraction of sp³-hybridized carbons (Fsp3) is 0.667. The van der Waals surface area contributed by atoms with E-state index < -0.39 is 10.7 Å². The number of rotatable bonds is 8. The molecule has 1 amide bonds. The molecule has 1 aliphatic heterocycles. The second kappa shape index (κ2) is 8.64. The number of fused-ring (bicyclic) bond motifs is 1. The number of unbranched alkanes of at least 4 members (excludes halogenated alkanes) is 3. The molecule has 2 unspecified atom stereocenters. The van der Waals surface area contributed by atoms with Crippen LogP contribution in [0.2, 0.25) is 0 Å². The molecule has 0 radical (unpaired) electrons. The third-order valence-electron chi connectivity index (χ3n) is 5.61. The van der Waals surface area contributed by atoms with Crippen LogP contribution in [0.5, 0.6) is 11.5 Å². The van der Waals surface area contributed by atoms with Crippen molar-refractivity contribution in [3.8, 4) is 11.5 Å². The lowest BCUT2D eigenvalue weighted by molar-refractivity contribution is -0.117. The molecule has 0 aromatic heterocycles. The molecule has 1 heterocycles. The predicted molar refractivity (Wildman–Crippen MR) is 109 cm³/mol. The van der Waals surface area contributed by atoms with Gasteiger partial charge in [0.05, 0.1) is 7.11 Å². The highest BCUT2D eigenvalue weighted by molar-refractivity contribution is 9.09. The number of amides is 1. The van der Waals surface area contributed by atoms with Gasteiger partial charge >= 0.3 is 0 Å². The largest absolute Gasteiger partial charge is 0.496 e. The van der Waals surface area contributed by atoms with Crippen LogP contribution in [0.25, 0.3) is 0 Å². The number of methoxy groups -OCH3 is 1. The SMILES string of the molecule is CCCCCCC1(C)CCc2c(c(C)c(C)c(OC)c2C(Br)C(N)=O)O1. The Bertz CT molecular complexity index is 674. The molecule has 4 nitrogen and oxygen atoms in total. The van der Waals surface area contributed by atoms with E-state index in [1.165, 1.54) is 25.7 Å². The van der Waals surface area contributed by atoms with Gasteiger partial charge in [-0.05, 0) is 57.6 Å². The Hall–Kier alpha value is -1.23. The van der Waals surface area contributed by atoms with Gasteiger partial charge in [-0.1, -0.05) is 42.1 Å². The molecule has 0 spiro atoms. The van der Waals surface area contributed by atoms with Crippen molar-refractivity contribution < 1.29 is 14.3 Å². The topological polar surface area (TPSA) is 61.5 Å². The average Bonchev–Trinajstić information content (AvgIpc) is 2.61. The molecule has 5 heteroatoms. The molecule has 146 valence electrons. The Labute approximate surface area is 165 Å². The summed E-state index contributed by atoms with van der Waals surface area (Å²) < 4.78 is 12.2. The molecule has 0 aliphatic carbocycles. The second-order valence-corrected chi connectivity index (χ2v) is 8.55. The van der Waals surface area contributed by atoms with Gasteiger partial charge in [-0.2, -0.15) is 0 Å². The lowest BCUT2D eigenvalue weighted by Gasteiger charge is -2.39. The van der Waals surface area contributed by atoms with Crippen molar-refractivity contribution in [3.05, 3.63) is 22.3 Å². The van der Waals surface area contributed by atoms with E-state index in [-0.39, 0.29) is 5.60 Å². The van der Waals surface area contributed by atoms with Gasteiger partial charge in [0.2, 0.25) is 5.91 Å². The van der Waals surface area contributed by atoms with E-state index >= 15 is 0 Å². The van der Waals surface area contributed by atoms with E-state index in [2.05, 4.69) is 36.7 Å². The maximum Gasteiger partial charge on any atom is 0.235 e. The summed E-state index contributed by atoms with van der Waals surface area (Å²) in [5.74, 6) is 1.23. The number of benzene rings is 1. The van der Waals surface area contributed by atoms with E-state index in [1.54, 1.807) is 7.11 Å². The first-order chi connectivity index (χ1) is 12.3. The fourth-order valence-electron chi connectivity index (χ4n) is 3.88. The molecule has 0 saturated carbocycles. The summed E-state index contributed by atoms with van der Waals surface area (Å²) in [6, 6.07) is 0. The van der Waals surface area contributed by atoms with Gasteiger partial charge in [0.25, 0.3) is 0 Å². The third kappa shape index (κ3) is 4.19. The summed E-state index contributed by atoms with van der Waals surface area (Å²) in [5, 5.41) is 0. The van der Waals surface area contributed by atoms with Gasteiger partial charge in [0.1, 0.15) is 21.9 Å². The van der Waals surface area contributed by atoms with Gasteiger partial charge in [-0.25, -0.2) is 0 Å². The lowest BCUT2D eigenvalue weighted by atomic mass is 9.83. The normalized spacial score (nSPS) is 20.2. The van der Waals surface area contributed by atoms with Crippen molar-refractivity contribution in [3.63, 3.8) is 0 Å². The fourth-order valence-corrected chi connectivity index (χ4v) is 4.36. The number of hydrogen-bond donors (Lipinski definition) is 1. The highest BCUT2D eigenvalue weighted by Gasteiger charge is 2.37. The van der Waals surface area contributed by atoms with Crippen LogP contribution in [-0.4, -0.2) is 18.6 Å². The van der Waals surface area contributed by atoms with Crippen LogP contribution >= 0.6 is 15.9 Å². The van der Waals surface area contributed by atoms with E-state index in [1.807, 2.05) is 6.92 Å². The van der Waals surface area contributed by atoms with Crippen molar-refractivity contribution >= 4 is 21.8 Å². The van der Waals surface area contributed by atoms with Crippen molar-refractivity contribution in [2.75, 3.05) is 7.11 Å². The molecule has 0 saturated heterocycles. The van der Waals surface area contributed by atoms with Crippen LogP contribution in [0, 0.1) is 13.8 Å². The average molecular weight is 426 g/mol. The first-order valence-corrected chi connectivity index (χ1v) is 10.5. The summed E-state index contributed by atoms with van der Waals surface area (Å²) in [5.41, 5.74) is 9.39. The Morgan fingerprint density at radius 2 is 2.00 bits per heavy atom. The summed E-state index contributed by atoms with van der Waals surface area (Å²) in [6.07, 6.45) is 7.80. The van der Waals surface area contributed by atoms with E-state index in [0.29, 0.717) is 0 Å². The second-order valence-electron chi connectivity index (χ2n) is 7.63. The van der Waals surface area contributed by atoms with Gasteiger partial charge in [0, 0.05) is 11.1 Å². The van der Waals surface area contributed by atoms with Crippen LogP contribution < -0.4 is 15.2 Å². The van der Waals surface area contributed by atoms with Crippen LogP contribution in [0.4, 0.5) is 0 Å². The number of ether oxygens (including phenoxy) is 2. The van der Waals surface area contributed by atoms with Crippen LogP contribution in [0.1, 0.15) is 79.5 Å². The van der Waals surface area contributed by atoms with Gasteiger partial charge < -0.3 is 15.2 Å². The molecule has 2 atom stereocenters. The lowest BCUT2D eigenvalue weighted by Crippen LogP contribution is -2.37. The molecule has 1 aliphatic rings. The molecular formula is C21H32BrNO3. The highest BCUT2D eigenvalue weighted by Crippen LogP contribution is 2.48. The maximum atomic E-state index is 11.9. The Balaban J connectivity index is 2.42. The summed E-state index contributed by atoms with van der Waals surface area (Å²) in [4.78, 5) is 11.3. The van der Waals surface area contributed by atoms with E-state index in [9.17, 15) is 4.79 Å². The minimum atomic E-state index is -0.581. The molecule has 0 bridgehead atoms. The Morgan fingerprint density at radius 3 is 2.58 bits per heavy atom. The predicted octanol–water partition coefficient (Wildman–Crippen LogP) is 5.29. The molecule has 1 aromatic rings. The molecule has 0 fully saturated rings. The van der Waals surface area contributed by atoms with Crippen molar-refractivity contribution in [1.82, 2.24) is 0 Å². The summed E-state index contributed by atoms with van der Waals surface area (Å²) in [6.45, 7) is 8.51. The number of halogens is 1. The molecule has 2 rings (SSSR count). The van der Waals surface area contributed by atoms with E-state index in [4.69, 9.17) is 15.2 Å². The standard InChI is InChI=1S/C21H32BrNO3/c1-6-7-8-9-11-21(4)12-10-15-16(17(22)20(23)24)19(25-5)14(3)13(2)18(15)26-21/h17H,6-12H2,1-5H3,(H2,23,24). The number of nitrogens with two attached hydrogens (primary N) is 1. The molecule has 26 heavy (non-hydrogen) atoms. The van der Waals surface area contributed by atoms with E-state index in [0.717, 1.165) is 53.0 Å². The van der Waals surface area contributed by atoms with Crippen molar-refractivity contribution in [2.45, 2.75) is 83.1 Å². The molecule has 1 aromatic carbocycles. The number of hydrogen-bond acceptors (Lipinski definition) is 3. The zero-order chi connectivity index (χ0) is 19.5. The quantitative estimate of drug-likeness (QED) is 0.454. The summed E-state index contributed by atoms with van der Waals surface area (Å²) in [7, 11) is 1.64. The van der Waals surface area contributed by atoms with Crippen LogP contribution in [0.3, 0.4) is 0 Å². The van der Waals surface area contributed by atoms with Gasteiger partial charge in [-0.15, -0.1) is 0 Å². The maximum absolute atomic E-state index is 11.9. The monoisotopic (exact) mass is 425 g/mol. The Morgan fingerprint density at radius 1 is 1.31 bits per heavy atom. The van der Waals surface area contributed by atoms with Crippen molar-refractivity contribution in [1.29, 1.82) is 0 Å².